The Morgan fingerprint density at radius 3 is 2.65 bits per heavy atom. The summed E-state index contributed by atoms with van der Waals surface area (Å²) in [6.45, 7) is 3.44. The third-order valence-electron chi connectivity index (χ3n) is 7.05. The minimum atomic E-state index is -0.00844. The second-order valence-electron chi connectivity index (χ2n) is 9.72. The van der Waals surface area contributed by atoms with Gasteiger partial charge >= 0.3 is 0 Å². The predicted molar refractivity (Wildman–Crippen MR) is 154 cm³/mol. The van der Waals surface area contributed by atoms with Crippen molar-refractivity contribution in [3.63, 3.8) is 0 Å². The molecule has 0 N–H and O–H groups in total. The second kappa shape index (κ2) is 10.4. The van der Waals surface area contributed by atoms with E-state index >= 15 is 0 Å². The topological polar surface area (TPSA) is 60.2 Å². The molecule has 6 nitrogen and oxygen atoms in total. The molecule has 6 rings (SSSR count). The van der Waals surface area contributed by atoms with E-state index < -0.39 is 0 Å². The molecule has 0 amide bonds. The fourth-order valence-electron chi connectivity index (χ4n) is 4.91. The van der Waals surface area contributed by atoms with Crippen LogP contribution in [0.5, 0.6) is 5.75 Å². The van der Waals surface area contributed by atoms with Gasteiger partial charge in [-0.3, -0.25) is 9.36 Å². The number of rotatable bonds is 6. The van der Waals surface area contributed by atoms with Gasteiger partial charge < -0.3 is 9.64 Å². The largest absolute Gasteiger partial charge is 0.490 e. The molecule has 0 radical (unpaired) electrons. The summed E-state index contributed by atoms with van der Waals surface area (Å²) >= 11 is 5.22. The highest BCUT2D eigenvalue weighted by atomic mass is 79.9. The van der Waals surface area contributed by atoms with Crippen molar-refractivity contribution in [3.8, 4) is 17.1 Å². The monoisotopic (exact) mass is 574 g/mol. The van der Waals surface area contributed by atoms with Crippen LogP contribution in [0.25, 0.3) is 31.7 Å². The van der Waals surface area contributed by atoms with Crippen LogP contribution >= 0.6 is 27.3 Å². The zero-order valence-corrected chi connectivity index (χ0v) is 23.0. The molecule has 2 aromatic carbocycles. The van der Waals surface area contributed by atoms with Crippen LogP contribution in [-0.2, 0) is 6.54 Å². The average Bonchev–Trinajstić information content (AvgIpc) is 3.28. The lowest BCUT2D eigenvalue weighted by Gasteiger charge is -2.28. The van der Waals surface area contributed by atoms with Gasteiger partial charge in [-0.05, 0) is 74.8 Å². The maximum absolute atomic E-state index is 12.9. The molecule has 1 aliphatic rings. The lowest BCUT2D eigenvalue weighted by Crippen LogP contribution is -2.32. The number of halogens is 1. The molecule has 0 unspecified atom stereocenters. The van der Waals surface area contributed by atoms with Gasteiger partial charge in [0.1, 0.15) is 4.83 Å². The Morgan fingerprint density at radius 1 is 1.03 bits per heavy atom. The summed E-state index contributed by atoms with van der Waals surface area (Å²) in [5, 5.41) is 2.25. The number of likely N-dealkylation sites (tertiary alicyclic amines) is 1. The highest BCUT2D eigenvalue weighted by Crippen LogP contribution is 2.35. The molecular weight excluding hydrogens is 548 g/mol. The minimum absolute atomic E-state index is 0.00844. The van der Waals surface area contributed by atoms with Crippen LogP contribution in [0.2, 0.25) is 0 Å². The predicted octanol–water partition coefficient (Wildman–Crippen LogP) is 6.20. The quantitative estimate of drug-likeness (QED) is 0.241. The van der Waals surface area contributed by atoms with Crippen molar-refractivity contribution < 1.29 is 4.74 Å². The van der Waals surface area contributed by atoms with Crippen LogP contribution in [-0.4, -0.2) is 46.2 Å². The molecule has 1 saturated heterocycles. The molecule has 8 heteroatoms. The summed E-state index contributed by atoms with van der Waals surface area (Å²) in [6.07, 6.45) is 5.84. The van der Waals surface area contributed by atoms with Crippen molar-refractivity contribution in [2.75, 3.05) is 26.7 Å². The third-order valence-corrected chi connectivity index (χ3v) is 8.75. The van der Waals surface area contributed by atoms with Crippen molar-refractivity contribution in [2.45, 2.75) is 19.4 Å². The molecule has 0 aliphatic carbocycles. The summed E-state index contributed by atoms with van der Waals surface area (Å²) < 4.78 is 10.0. The van der Waals surface area contributed by atoms with E-state index in [4.69, 9.17) is 4.74 Å². The smallest absolute Gasteiger partial charge is 0.251 e. The van der Waals surface area contributed by atoms with Crippen molar-refractivity contribution in [2.24, 2.45) is 5.92 Å². The number of hydrogen-bond donors (Lipinski definition) is 0. The van der Waals surface area contributed by atoms with Crippen molar-refractivity contribution in [1.82, 2.24) is 19.4 Å². The van der Waals surface area contributed by atoms with Gasteiger partial charge in [0.25, 0.3) is 5.56 Å². The van der Waals surface area contributed by atoms with E-state index in [1.54, 1.807) is 29.8 Å². The summed E-state index contributed by atoms with van der Waals surface area (Å²) in [4.78, 5) is 25.4. The maximum atomic E-state index is 12.9. The molecule has 5 aromatic rings. The van der Waals surface area contributed by atoms with Crippen LogP contribution in [0, 0.1) is 5.92 Å². The van der Waals surface area contributed by atoms with E-state index in [-0.39, 0.29) is 5.56 Å². The molecule has 3 aromatic heterocycles. The molecule has 0 bridgehead atoms. The summed E-state index contributed by atoms with van der Waals surface area (Å²) in [7, 11) is 2.17. The zero-order valence-electron chi connectivity index (χ0n) is 20.6. The first-order valence-corrected chi connectivity index (χ1v) is 14.1. The number of nitrogens with zero attached hydrogens (tertiary/aromatic N) is 4. The molecule has 188 valence electrons. The SMILES string of the molecule is CN1CCC(COc2cnc(-c3cccc(Cn4c(=O)ccc5c6cc(Br)ccc6sc54)c3)nc2)CC1. The number of pyridine rings is 1. The Bertz CT molecular complexity index is 1620. The van der Waals surface area contributed by atoms with Gasteiger partial charge in [0.2, 0.25) is 0 Å². The standard InChI is InChI=1S/C29H27BrN4O2S/c1-33-11-9-19(10-12-33)18-36-23-15-31-28(32-16-23)21-4-2-3-20(13-21)17-34-27(35)8-6-24-25-14-22(30)5-7-26(25)37-29(24)34/h2-8,13-16,19H,9-12,17-18H2,1H3. The van der Waals surface area contributed by atoms with Crippen molar-refractivity contribution >= 4 is 47.6 Å². The molecule has 0 spiro atoms. The lowest BCUT2D eigenvalue weighted by molar-refractivity contribution is 0.159. The Hall–Kier alpha value is -3.07. The first-order valence-electron chi connectivity index (χ1n) is 12.5. The lowest BCUT2D eigenvalue weighted by atomic mass is 9.98. The van der Waals surface area contributed by atoms with Crippen LogP contribution in [0.15, 0.2) is 76.3 Å². The number of benzene rings is 2. The summed E-state index contributed by atoms with van der Waals surface area (Å²) in [6, 6.07) is 17.9. The minimum Gasteiger partial charge on any atom is -0.490 e. The number of aromatic nitrogens is 3. The molecular formula is C29H27BrN4O2S. The van der Waals surface area contributed by atoms with Crippen molar-refractivity contribution in [3.05, 3.63) is 87.4 Å². The Morgan fingerprint density at radius 2 is 1.84 bits per heavy atom. The van der Waals surface area contributed by atoms with Gasteiger partial charge in [0, 0.05) is 31.6 Å². The second-order valence-corrected chi connectivity index (χ2v) is 11.7. The third kappa shape index (κ3) is 5.19. The van der Waals surface area contributed by atoms with E-state index in [0.717, 1.165) is 61.8 Å². The number of ether oxygens (including phenoxy) is 1. The van der Waals surface area contributed by atoms with E-state index in [0.29, 0.717) is 30.6 Å². The molecule has 1 fully saturated rings. The highest BCUT2D eigenvalue weighted by molar-refractivity contribution is 9.10. The van der Waals surface area contributed by atoms with E-state index in [9.17, 15) is 4.79 Å². The average molecular weight is 576 g/mol. The Balaban J connectivity index is 1.21. The number of hydrogen-bond acceptors (Lipinski definition) is 6. The molecule has 1 aliphatic heterocycles. The maximum Gasteiger partial charge on any atom is 0.251 e. The van der Waals surface area contributed by atoms with E-state index in [2.05, 4.69) is 56.0 Å². The number of fused-ring (bicyclic) bond motifs is 3. The van der Waals surface area contributed by atoms with Gasteiger partial charge in [0.05, 0.1) is 25.5 Å². The van der Waals surface area contributed by atoms with Crippen molar-refractivity contribution in [1.29, 1.82) is 0 Å². The van der Waals surface area contributed by atoms with Gasteiger partial charge in [-0.1, -0.05) is 34.1 Å². The normalized spacial score (nSPS) is 15.0. The molecule has 4 heterocycles. The molecule has 0 saturated carbocycles. The summed E-state index contributed by atoms with van der Waals surface area (Å²) in [5.74, 6) is 1.93. The van der Waals surface area contributed by atoms with Gasteiger partial charge in [0.15, 0.2) is 11.6 Å². The first kappa shape index (κ1) is 24.3. The Labute approximate surface area is 227 Å². The zero-order chi connectivity index (χ0) is 25.4. The van der Waals surface area contributed by atoms with Gasteiger partial charge in [-0.15, -0.1) is 11.3 Å². The highest BCUT2D eigenvalue weighted by Gasteiger charge is 2.17. The van der Waals surface area contributed by atoms with Crippen LogP contribution < -0.4 is 10.3 Å². The van der Waals surface area contributed by atoms with Gasteiger partial charge in [-0.2, -0.15) is 0 Å². The number of piperidine rings is 1. The fraction of sp³-hybridized carbons (Fsp3) is 0.276. The van der Waals surface area contributed by atoms with Crippen LogP contribution in [0.1, 0.15) is 18.4 Å². The van der Waals surface area contributed by atoms with E-state index in [1.165, 1.54) is 0 Å². The summed E-state index contributed by atoms with van der Waals surface area (Å²) in [5.41, 5.74) is 1.93. The van der Waals surface area contributed by atoms with Crippen LogP contribution in [0.3, 0.4) is 0 Å². The fourth-order valence-corrected chi connectivity index (χ4v) is 6.44. The Kier molecular flexibility index (Phi) is 6.80. The molecule has 0 atom stereocenters. The van der Waals surface area contributed by atoms with Crippen LogP contribution in [0.4, 0.5) is 0 Å². The first-order chi connectivity index (χ1) is 18.0. The molecule has 37 heavy (non-hydrogen) atoms. The number of thiophene rings is 1. The van der Waals surface area contributed by atoms with Gasteiger partial charge in [-0.25, -0.2) is 9.97 Å². The van der Waals surface area contributed by atoms with E-state index in [1.807, 2.05) is 34.9 Å².